The lowest BCUT2D eigenvalue weighted by Gasteiger charge is -2.16. The fourth-order valence-corrected chi connectivity index (χ4v) is 4.24. The first-order valence-electron chi connectivity index (χ1n) is 11.5. The zero-order chi connectivity index (χ0) is 26.2. The first-order chi connectivity index (χ1) is 18.0. The number of anilines is 3. The molecule has 4 aromatic rings. The molecule has 2 heterocycles. The zero-order valence-corrected chi connectivity index (χ0v) is 22.0. The SMILES string of the molecule is COc1cc2ncnc(Nc3ccc(OCc4ccccn4)c(Cl)c3)c2cc1NC(=O)[C@@H](N)CCSC. The highest BCUT2D eigenvalue weighted by molar-refractivity contribution is 7.98. The van der Waals surface area contributed by atoms with Gasteiger partial charge < -0.3 is 25.8 Å². The molecular weight excluding hydrogens is 512 g/mol. The van der Waals surface area contributed by atoms with Gasteiger partial charge in [0.15, 0.2) is 0 Å². The van der Waals surface area contributed by atoms with Crippen molar-refractivity contribution in [3.8, 4) is 11.5 Å². The van der Waals surface area contributed by atoms with E-state index in [-0.39, 0.29) is 5.91 Å². The minimum absolute atomic E-state index is 0.286. The van der Waals surface area contributed by atoms with Gasteiger partial charge in [-0.15, -0.1) is 0 Å². The minimum Gasteiger partial charge on any atom is -0.494 e. The number of methoxy groups -OCH3 is 1. The van der Waals surface area contributed by atoms with Gasteiger partial charge in [0.25, 0.3) is 0 Å². The van der Waals surface area contributed by atoms with Crippen LogP contribution in [-0.2, 0) is 11.4 Å². The number of carbonyl (C=O) groups excluding carboxylic acids is 1. The van der Waals surface area contributed by atoms with Crippen LogP contribution in [0.3, 0.4) is 0 Å². The number of pyridine rings is 1. The Labute approximate surface area is 224 Å². The Morgan fingerprint density at radius 2 is 2.00 bits per heavy atom. The summed E-state index contributed by atoms with van der Waals surface area (Å²) in [5, 5.41) is 7.27. The van der Waals surface area contributed by atoms with Crippen molar-refractivity contribution < 1.29 is 14.3 Å². The maximum atomic E-state index is 12.6. The smallest absolute Gasteiger partial charge is 0.241 e. The van der Waals surface area contributed by atoms with E-state index >= 15 is 0 Å². The summed E-state index contributed by atoms with van der Waals surface area (Å²) < 4.78 is 11.3. The number of nitrogens with two attached hydrogens (primary N) is 1. The molecule has 2 aromatic heterocycles. The van der Waals surface area contributed by atoms with Crippen molar-refractivity contribution in [3.05, 3.63) is 71.8 Å². The maximum absolute atomic E-state index is 12.6. The molecule has 0 spiro atoms. The normalized spacial score (nSPS) is 11.7. The molecule has 4 N–H and O–H groups in total. The molecule has 0 aliphatic rings. The van der Waals surface area contributed by atoms with E-state index in [4.69, 9.17) is 26.8 Å². The van der Waals surface area contributed by atoms with Crippen LogP contribution < -0.4 is 25.8 Å². The highest BCUT2D eigenvalue weighted by Crippen LogP contribution is 2.34. The second kappa shape index (κ2) is 12.6. The van der Waals surface area contributed by atoms with Crippen LogP contribution in [0.2, 0.25) is 5.02 Å². The first kappa shape index (κ1) is 26.5. The van der Waals surface area contributed by atoms with Crippen LogP contribution in [0.5, 0.6) is 11.5 Å². The van der Waals surface area contributed by atoms with Gasteiger partial charge in [-0.3, -0.25) is 9.78 Å². The average Bonchev–Trinajstić information content (AvgIpc) is 2.91. The van der Waals surface area contributed by atoms with Crippen LogP contribution in [0.4, 0.5) is 17.2 Å². The molecule has 9 nitrogen and oxygen atoms in total. The Balaban J connectivity index is 1.55. The lowest BCUT2D eigenvalue weighted by atomic mass is 10.1. The minimum atomic E-state index is -0.627. The Kier molecular flexibility index (Phi) is 8.99. The summed E-state index contributed by atoms with van der Waals surface area (Å²) in [7, 11) is 1.53. The van der Waals surface area contributed by atoms with Crippen LogP contribution in [0.25, 0.3) is 10.9 Å². The third-order valence-electron chi connectivity index (χ3n) is 5.48. The summed E-state index contributed by atoms with van der Waals surface area (Å²) in [6.45, 7) is 0.307. The van der Waals surface area contributed by atoms with Gasteiger partial charge in [0, 0.05) is 23.3 Å². The quantitative estimate of drug-likeness (QED) is 0.241. The van der Waals surface area contributed by atoms with Crippen molar-refractivity contribution in [2.45, 2.75) is 19.1 Å². The number of rotatable bonds is 11. The van der Waals surface area contributed by atoms with Gasteiger partial charge in [0.2, 0.25) is 5.91 Å². The van der Waals surface area contributed by atoms with E-state index in [1.807, 2.05) is 30.5 Å². The average molecular weight is 539 g/mol. The highest BCUT2D eigenvalue weighted by Gasteiger charge is 2.17. The van der Waals surface area contributed by atoms with Crippen molar-refractivity contribution >= 4 is 57.4 Å². The number of carbonyl (C=O) groups is 1. The number of aromatic nitrogens is 3. The monoisotopic (exact) mass is 538 g/mol. The first-order valence-corrected chi connectivity index (χ1v) is 13.2. The lowest BCUT2D eigenvalue weighted by molar-refractivity contribution is -0.117. The van der Waals surface area contributed by atoms with E-state index < -0.39 is 6.04 Å². The van der Waals surface area contributed by atoms with Crippen molar-refractivity contribution in [2.75, 3.05) is 29.8 Å². The van der Waals surface area contributed by atoms with Gasteiger partial charge in [-0.05, 0) is 54.8 Å². The van der Waals surface area contributed by atoms with Crippen molar-refractivity contribution in [3.63, 3.8) is 0 Å². The second-order valence-electron chi connectivity index (χ2n) is 8.05. The predicted molar refractivity (Wildman–Crippen MR) is 149 cm³/mol. The van der Waals surface area contributed by atoms with E-state index in [1.54, 1.807) is 42.2 Å². The third kappa shape index (κ3) is 6.79. The summed E-state index contributed by atoms with van der Waals surface area (Å²) in [5.41, 5.74) is 8.67. The summed E-state index contributed by atoms with van der Waals surface area (Å²) in [6, 6.07) is 13.9. The molecule has 4 rings (SSSR count). The van der Waals surface area contributed by atoms with E-state index in [0.717, 1.165) is 11.4 Å². The van der Waals surface area contributed by atoms with Gasteiger partial charge in [-0.25, -0.2) is 9.97 Å². The molecule has 0 aliphatic heterocycles. The molecule has 0 radical (unpaired) electrons. The summed E-state index contributed by atoms with van der Waals surface area (Å²) in [5.74, 6) is 2.05. The van der Waals surface area contributed by atoms with E-state index in [2.05, 4.69) is 25.6 Å². The Hall–Kier alpha value is -3.60. The molecule has 1 atom stereocenters. The van der Waals surface area contributed by atoms with Gasteiger partial charge in [0.05, 0.1) is 35.1 Å². The Morgan fingerprint density at radius 3 is 2.73 bits per heavy atom. The number of amides is 1. The topological polar surface area (TPSA) is 124 Å². The van der Waals surface area contributed by atoms with Crippen LogP contribution in [0.15, 0.2) is 61.1 Å². The Morgan fingerprint density at radius 1 is 1.14 bits per heavy atom. The number of ether oxygens (including phenoxy) is 2. The molecule has 1 amide bonds. The summed E-state index contributed by atoms with van der Waals surface area (Å²) >= 11 is 8.11. The van der Waals surface area contributed by atoms with Gasteiger partial charge in [-0.1, -0.05) is 17.7 Å². The third-order valence-corrected chi connectivity index (χ3v) is 6.42. The number of halogens is 1. The molecule has 11 heteroatoms. The fraction of sp³-hybridized carbons (Fsp3) is 0.231. The number of nitrogens with zero attached hydrogens (tertiary/aromatic N) is 3. The number of fused-ring (bicyclic) bond motifs is 1. The van der Waals surface area contributed by atoms with E-state index in [9.17, 15) is 4.79 Å². The fourth-order valence-electron chi connectivity index (χ4n) is 3.52. The molecule has 0 saturated heterocycles. The number of nitrogens with one attached hydrogen (secondary N) is 2. The van der Waals surface area contributed by atoms with Crippen LogP contribution in [0.1, 0.15) is 12.1 Å². The maximum Gasteiger partial charge on any atom is 0.241 e. The second-order valence-corrected chi connectivity index (χ2v) is 9.44. The van der Waals surface area contributed by atoms with Crippen molar-refractivity contribution in [2.24, 2.45) is 5.73 Å². The molecule has 37 heavy (non-hydrogen) atoms. The predicted octanol–water partition coefficient (Wildman–Crippen LogP) is 5.03. The molecule has 2 aromatic carbocycles. The number of hydrogen-bond donors (Lipinski definition) is 3. The lowest BCUT2D eigenvalue weighted by Crippen LogP contribution is -2.36. The number of thioether (sulfide) groups is 1. The van der Waals surface area contributed by atoms with Crippen LogP contribution >= 0.6 is 23.4 Å². The van der Waals surface area contributed by atoms with E-state index in [1.165, 1.54) is 13.4 Å². The van der Waals surface area contributed by atoms with Crippen LogP contribution in [0, 0.1) is 0 Å². The van der Waals surface area contributed by atoms with Gasteiger partial charge >= 0.3 is 0 Å². The zero-order valence-electron chi connectivity index (χ0n) is 20.4. The molecule has 0 bridgehead atoms. The number of hydrogen-bond acceptors (Lipinski definition) is 9. The van der Waals surface area contributed by atoms with Crippen LogP contribution in [-0.4, -0.2) is 46.0 Å². The molecule has 0 saturated carbocycles. The molecule has 0 fully saturated rings. The molecule has 192 valence electrons. The van der Waals surface area contributed by atoms with Crippen molar-refractivity contribution in [1.29, 1.82) is 0 Å². The molecule has 0 aliphatic carbocycles. The summed E-state index contributed by atoms with van der Waals surface area (Å²) in [4.78, 5) is 25.6. The standard InChI is InChI=1S/C26H27ClN6O3S/c1-35-24-13-21-18(12-22(24)33-26(34)20(28)8-10-37-2)25(31-15-30-21)32-16-6-7-23(19(27)11-16)36-14-17-5-3-4-9-29-17/h3-7,9,11-13,15,20H,8,10,14,28H2,1-2H3,(H,33,34)(H,30,31,32)/t20-/m0/s1. The van der Waals surface area contributed by atoms with E-state index in [0.29, 0.717) is 57.6 Å². The number of benzene rings is 2. The molecular formula is C26H27ClN6O3S. The van der Waals surface area contributed by atoms with Crippen molar-refractivity contribution in [1.82, 2.24) is 15.0 Å². The Bertz CT molecular complexity index is 1380. The largest absolute Gasteiger partial charge is 0.494 e. The van der Waals surface area contributed by atoms with Gasteiger partial charge in [0.1, 0.15) is 30.3 Å². The summed E-state index contributed by atoms with van der Waals surface area (Å²) in [6.07, 6.45) is 5.71. The highest BCUT2D eigenvalue weighted by atomic mass is 35.5. The van der Waals surface area contributed by atoms with Gasteiger partial charge in [-0.2, -0.15) is 11.8 Å². The molecule has 0 unspecified atom stereocenters.